The number of carbonyl (C=O) groups is 1. The van der Waals surface area contributed by atoms with E-state index in [1.54, 1.807) is 31.3 Å². The van der Waals surface area contributed by atoms with Crippen molar-refractivity contribution in [1.29, 1.82) is 0 Å². The number of nitrogens with one attached hydrogen (secondary N) is 1. The van der Waals surface area contributed by atoms with Crippen molar-refractivity contribution < 1.29 is 14.3 Å². The van der Waals surface area contributed by atoms with Gasteiger partial charge in [0.05, 0.1) is 11.4 Å². The van der Waals surface area contributed by atoms with E-state index in [-0.39, 0.29) is 29.1 Å². The van der Waals surface area contributed by atoms with Crippen LogP contribution in [0.15, 0.2) is 47.3 Å². The predicted molar refractivity (Wildman–Crippen MR) is 109 cm³/mol. The molecule has 1 aliphatic heterocycles. The number of ether oxygens (including phenoxy) is 2. The van der Waals surface area contributed by atoms with E-state index in [1.165, 1.54) is 4.68 Å². The summed E-state index contributed by atoms with van der Waals surface area (Å²) in [4.78, 5) is 25.5. The number of carbonyl (C=O) groups excluding carboxylic acids is 1. The fourth-order valence-electron chi connectivity index (χ4n) is 3.57. The van der Waals surface area contributed by atoms with Gasteiger partial charge in [-0.25, -0.2) is 4.68 Å². The minimum absolute atomic E-state index is 0.125. The lowest BCUT2D eigenvalue weighted by atomic mass is 9.95. The zero-order valence-electron chi connectivity index (χ0n) is 16.6. The van der Waals surface area contributed by atoms with Gasteiger partial charge in [-0.3, -0.25) is 9.59 Å². The summed E-state index contributed by atoms with van der Waals surface area (Å²) >= 11 is 0. The molecule has 150 valence electrons. The van der Waals surface area contributed by atoms with Gasteiger partial charge in [-0.05, 0) is 29.7 Å². The van der Waals surface area contributed by atoms with Gasteiger partial charge in [0.1, 0.15) is 13.2 Å². The molecule has 2 heterocycles. The molecule has 29 heavy (non-hydrogen) atoms. The van der Waals surface area contributed by atoms with Crippen LogP contribution in [0.25, 0.3) is 10.8 Å². The van der Waals surface area contributed by atoms with E-state index < -0.39 is 0 Å². The van der Waals surface area contributed by atoms with Gasteiger partial charge in [0.25, 0.3) is 11.5 Å². The Morgan fingerprint density at radius 2 is 1.76 bits per heavy atom. The van der Waals surface area contributed by atoms with Gasteiger partial charge in [-0.2, -0.15) is 5.10 Å². The van der Waals surface area contributed by atoms with Crippen LogP contribution in [0.1, 0.15) is 35.9 Å². The second-order valence-corrected chi connectivity index (χ2v) is 7.42. The topological polar surface area (TPSA) is 82.5 Å². The maximum Gasteiger partial charge on any atom is 0.274 e. The Hall–Kier alpha value is -3.35. The average molecular weight is 393 g/mol. The number of benzene rings is 2. The molecule has 1 amide bonds. The van der Waals surface area contributed by atoms with Crippen LogP contribution >= 0.6 is 0 Å². The number of nitrogens with zero attached hydrogens (tertiary/aromatic N) is 2. The fourth-order valence-corrected chi connectivity index (χ4v) is 3.57. The average Bonchev–Trinajstić information content (AvgIpc) is 2.74. The molecule has 0 spiro atoms. The molecule has 0 unspecified atom stereocenters. The molecule has 1 N–H and O–H groups in total. The van der Waals surface area contributed by atoms with Crippen molar-refractivity contribution in [3.8, 4) is 11.5 Å². The number of hydrogen-bond donors (Lipinski definition) is 1. The second kappa shape index (κ2) is 7.58. The van der Waals surface area contributed by atoms with Crippen LogP contribution in [0.4, 0.5) is 0 Å². The molecule has 1 aliphatic rings. The first kappa shape index (κ1) is 19.0. The van der Waals surface area contributed by atoms with Crippen LogP contribution in [-0.4, -0.2) is 28.9 Å². The first-order chi connectivity index (χ1) is 14.0. The van der Waals surface area contributed by atoms with E-state index in [2.05, 4.69) is 10.4 Å². The van der Waals surface area contributed by atoms with Gasteiger partial charge in [0.2, 0.25) is 0 Å². The van der Waals surface area contributed by atoms with Gasteiger partial charge < -0.3 is 14.8 Å². The molecular weight excluding hydrogens is 370 g/mol. The van der Waals surface area contributed by atoms with E-state index in [0.717, 1.165) is 5.56 Å². The molecule has 0 saturated heterocycles. The standard InChI is InChI=1S/C22H23N3O4/c1-13(2)19(14-8-9-17-18(12-14)29-11-10-28-17)23-21(26)20-15-6-4-5-7-16(15)22(27)25(3)24-20/h4-9,12-13,19H,10-11H2,1-3H3,(H,23,26)/t19-/m0/s1. The largest absolute Gasteiger partial charge is 0.486 e. The molecule has 0 aliphatic carbocycles. The van der Waals surface area contributed by atoms with Crippen molar-refractivity contribution in [2.45, 2.75) is 19.9 Å². The fraction of sp³-hybridized carbons (Fsp3) is 0.318. The first-order valence-electron chi connectivity index (χ1n) is 9.62. The van der Waals surface area contributed by atoms with Crippen molar-refractivity contribution in [3.63, 3.8) is 0 Å². The smallest absolute Gasteiger partial charge is 0.274 e. The van der Waals surface area contributed by atoms with E-state index in [9.17, 15) is 9.59 Å². The monoisotopic (exact) mass is 393 g/mol. The molecular formula is C22H23N3O4. The molecule has 2 aromatic carbocycles. The summed E-state index contributed by atoms with van der Waals surface area (Å²) in [6, 6.07) is 12.5. The Morgan fingerprint density at radius 1 is 1.07 bits per heavy atom. The third-order valence-electron chi connectivity index (χ3n) is 5.05. The Kier molecular flexibility index (Phi) is 4.96. The Labute approximate surface area is 168 Å². The molecule has 7 nitrogen and oxygen atoms in total. The maximum atomic E-state index is 13.2. The number of amides is 1. The van der Waals surface area contributed by atoms with Crippen LogP contribution in [0.5, 0.6) is 11.5 Å². The Bertz CT molecular complexity index is 1140. The SMILES string of the molecule is CC(C)[C@H](NC(=O)c1nn(C)c(=O)c2ccccc12)c1ccc2c(c1)OCCO2. The van der Waals surface area contributed by atoms with Gasteiger partial charge in [-0.1, -0.05) is 38.1 Å². The highest BCUT2D eigenvalue weighted by Gasteiger charge is 2.24. The summed E-state index contributed by atoms with van der Waals surface area (Å²) in [6.45, 7) is 5.10. The zero-order valence-corrected chi connectivity index (χ0v) is 16.6. The number of hydrogen-bond acceptors (Lipinski definition) is 5. The zero-order chi connectivity index (χ0) is 20.5. The molecule has 0 saturated carbocycles. The Balaban J connectivity index is 1.70. The molecule has 0 bridgehead atoms. The van der Waals surface area contributed by atoms with E-state index >= 15 is 0 Å². The minimum atomic E-state index is -0.328. The summed E-state index contributed by atoms with van der Waals surface area (Å²) in [5, 5.41) is 8.31. The van der Waals surface area contributed by atoms with Gasteiger partial charge >= 0.3 is 0 Å². The van der Waals surface area contributed by atoms with E-state index in [4.69, 9.17) is 9.47 Å². The maximum absolute atomic E-state index is 13.2. The van der Waals surface area contributed by atoms with Gasteiger partial charge in [0.15, 0.2) is 17.2 Å². The molecule has 1 aromatic heterocycles. The van der Waals surface area contributed by atoms with Crippen molar-refractivity contribution in [3.05, 3.63) is 64.1 Å². The normalized spacial score (nSPS) is 14.1. The lowest BCUT2D eigenvalue weighted by Gasteiger charge is -2.25. The lowest BCUT2D eigenvalue weighted by molar-refractivity contribution is 0.0920. The highest BCUT2D eigenvalue weighted by atomic mass is 16.6. The van der Waals surface area contributed by atoms with E-state index in [1.807, 2.05) is 32.0 Å². The number of aryl methyl sites for hydroxylation is 1. The third kappa shape index (κ3) is 3.55. The summed E-state index contributed by atoms with van der Waals surface area (Å²) in [5.41, 5.74) is 0.919. The van der Waals surface area contributed by atoms with Gasteiger partial charge in [0, 0.05) is 12.4 Å². The van der Waals surface area contributed by atoms with Crippen LogP contribution in [0.3, 0.4) is 0 Å². The highest BCUT2D eigenvalue weighted by molar-refractivity contribution is 6.04. The number of rotatable bonds is 4. The predicted octanol–water partition coefficient (Wildman–Crippen LogP) is 2.83. The first-order valence-corrected chi connectivity index (χ1v) is 9.62. The quantitative estimate of drug-likeness (QED) is 0.737. The number of aromatic nitrogens is 2. The van der Waals surface area contributed by atoms with E-state index in [0.29, 0.717) is 35.5 Å². The van der Waals surface area contributed by atoms with Crippen molar-refractivity contribution in [2.24, 2.45) is 13.0 Å². The molecule has 4 rings (SSSR count). The van der Waals surface area contributed by atoms with Crippen LogP contribution in [0.2, 0.25) is 0 Å². The summed E-state index contributed by atoms with van der Waals surface area (Å²) < 4.78 is 12.5. The Morgan fingerprint density at radius 3 is 2.48 bits per heavy atom. The molecule has 7 heteroatoms. The minimum Gasteiger partial charge on any atom is -0.486 e. The highest BCUT2D eigenvalue weighted by Crippen LogP contribution is 2.34. The molecule has 1 atom stereocenters. The van der Waals surface area contributed by atoms with Crippen molar-refractivity contribution in [2.75, 3.05) is 13.2 Å². The van der Waals surface area contributed by atoms with Crippen LogP contribution in [-0.2, 0) is 7.05 Å². The molecule has 0 radical (unpaired) electrons. The summed E-state index contributed by atoms with van der Waals surface area (Å²) in [7, 11) is 1.55. The number of fused-ring (bicyclic) bond motifs is 2. The van der Waals surface area contributed by atoms with Crippen LogP contribution in [0, 0.1) is 5.92 Å². The molecule has 0 fully saturated rings. The molecule has 3 aromatic rings. The van der Waals surface area contributed by atoms with Crippen molar-refractivity contribution in [1.82, 2.24) is 15.1 Å². The van der Waals surface area contributed by atoms with Gasteiger partial charge in [-0.15, -0.1) is 0 Å². The lowest BCUT2D eigenvalue weighted by Crippen LogP contribution is -2.34. The van der Waals surface area contributed by atoms with Crippen LogP contribution < -0.4 is 20.3 Å². The van der Waals surface area contributed by atoms with Crippen molar-refractivity contribution >= 4 is 16.7 Å². The summed E-state index contributed by atoms with van der Waals surface area (Å²) in [6.07, 6.45) is 0. The second-order valence-electron chi connectivity index (χ2n) is 7.42. The third-order valence-corrected chi connectivity index (χ3v) is 5.05. The summed E-state index contributed by atoms with van der Waals surface area (Å²) in [5.74, 6) is 1.18.